The molecule has 1 aliphatic carbocycles. The van der Waals surface area contributed by atoms with Gasteiger partial charge in [0.05, 0.1) is 0 Å². The second kappa shape index (κ2) is 3.21. The fraction of sp³-hybridized carbons (Fsp3) is 0.444. The first-order chi connectivity index (χ1) is 4.43. The van der Waals surface area contributed by atoms with Crippen molar-refractivity contribution < 1.29 is 0 Å². The summed E-state index contributed by atoms with van der Waals surface area (Å²) in [6.07, 6.45) is 10.7. The molecule has 1 atom stereocenters. The van der Waals surface area contributed by atoms with E-state index >= 15 is 0 Å². The quantitative estimate of drug-likeness (QED) is 0.482. The van der Waals surface area contributed by atoms with Gasteiger partial charge in [0, 0.05) is 6.42 Å². The van der Waals surface area contributed by atoms with Gasteiger partial charge in [-0.05, 0) is 37.0 Å². The molecule has 0 nitrogen and oxygen atoms in total. The number of terminal acetylenes is 1. The second-order valence-corrected chi connectivity index (χ2v) is 2.22. The van der Waals surface area contributed by atoms with Crippen molar-refractivity contribution in [1.82, 2.24) is 0 Å². The summed E-state index contributed by atoms with van der Waals surface area (Å²) in [6.45, 7) is 0. The Morgan fingerprint density at radius 2 is 2.44 bits per heavy atom. The highest BCUT2D eigenvalue weighted by Crippen LogP contribution is 2.31. The van der Waals surface area contributed by atoms with Crippen LogP contribution in [0, 0.1) is 36.5 Å². The summed E-state index contributed by atoms with van der Waals surface area (Å²) in [5.74, 6) is 8.64. The predicted octanol–water partition coefficient (Wildman–Crippen LogP) is 1.63. The van der Waals surface area contributed by atoms with Gasteiger partial charge in [-0.3, -0.25) is 0 Å². The molecular formula is C9H9. The molecule has 0 heteroatoms. The minimum absolute atomic E-state index is 0.858. The van der Waals surface area contributed by atoms with E-state index in [0.29, 0.717) is 0 Å². The van der Waals surface area contributed by atoms with Crippen LogP contribution in [0.1, 0.15) is 19.3 Å². The van der Waals surface area contributed by atoms with Crippen molar-refractivity contribution in [2.75, 3.05) is 0 Å². The van der Waals surface area contributed by atoms with Gasteiger partial charge in [0.15, 0.2) is 0 Å². The monoisotopic (exact) mass is 117 g/mol. The molecule has 0 spiro atoms. The number of hydrogen-bond donors (Lipinski definition) is 0. The van der Waals surface area contributed by atoms with Crippen LogP contribution in [0.3, 0.4) is 0 Å². The maximum atomic E-state index is 4.93. The van der Waals surface area contributed by atoms with Crippen LogP contribution in [0.4, 0.5) is 0 Å². The summed E-state index contributed by atoms with van der Waals surface area (Å²) < 4.78 is 0. The maximum absolute atomic E-state index is 4.93. The molecule has 0 aromatic carbocycles. The van der Waals surface area contributed by atoms with Crippen molar-refractivity contribution >= 4 is 0 Å². The Morgan fingerprint density at radius 1 is 1.67 bits per heavy atom. The van der Waals surface area contributed by atoms with Gasteiger partial charge < -0.3 is 0 Å². The first kappa shape index (κ1) is 6.24. The molecule has 0 amide bonds. The highest BCUT2D eigenvalue weighted by atomic mass is 14.2. The van der Waals surface area contributed by atoms with Gasteiger partial charge >= 0.3 is 0 Å². The average molecular weight is 117 g/mol. The fourth-order valence-electron chi connectivity index (χ4n) is 0.703. The van der Waals surface area contributed by atoms with E-state index in [2.05, 4.69) is 24.2 Å². The van der Waals surface area contributed by atoms with Gasteiger partial charge in [-0.2, -0.15) is 0 Å². The fourth-order valence-corrected chi connectivity index (χ4v) is 0.703. The molecule has 0 aromatic rings. The van der Waals surface area contributed by atoms with Crippen LogP contribution in [-0.2, 0) is 0 Å². The van der Waals surface area contributed by atoms with E-state index in [9.17, 15) is 0 Å². The number of hydrogen-bond acceptors (Lipinski definition) is 0. The molecule has 45 valence electrons. The lowest BCUT2D eigenvalue weighted by Crippen LogP contribution is -1.72. The van der Waals surface area contributed by atoms with Crippen LogP contribution in [0.25, 0.3) is 0 Å². The minimum Gasteiger partial charge on any atom is -0.106 e. The van der Waals surface area contributed by atoms with E-state index in [1.165, 1.54) is 12.8 Å². The summed E-state index contributed by atoms with van der Waals surface area (Å²) in [5.41, 5.74) is 0. The van der Waals surface area contributed by atoms with Crippen LogP contribution in [0.2, 0.25) is 0 Å². The SMILES string of the molecule is C#CC#CCCC1[CH]C1. The Morgan fingerprint density at radius 3 is 3.00 bits per heavy atom. The Kier molecular flexibility index (Phi) is 2.22. The molecule has 1 aliphatic rings. The van der Waals surface area contributed by atoms with E-state index in [1.54, 1.807) is 0 Å². The molecular weight excluding hydrogens is 108 g/mol. The predicted molar refractivity (Wildman–Crippen MR) is 38.3 cm³/mol. The van der Waals surface area contributed by atoms with Crippen LogP contribution < -0.4 is 0 Å². The zero-order chi connectivity index (χ0) is 6.53. The molecule has 0 saturated heterocycles. The van der Waals surface area contributed by atoms with Crippen LogP contribution in [-0.4, -0.2) is 0 Å². The van der Waals surface area contributed by atoms with Gasteiger partial charge in [0.2, 0.25) is 0 Å². The zero-order valence-electron chi connectivity index (χ0n) is 5.35. The lowest BCUT2D eigenvalue weighted by molar-refractivity contribution is 0.774. The molecule has 1 rings (SSSR count). The smallest absolute Gasteiger partial charge is 0.0102 e. The van der Waals surface area contributed by atoms with Gasteiger partial charge in [-0.1, -0.05) is 5.92 Å². The molecule has 0 heterocycles. The van der Waals surface area contributed by atoms with Gasteiger partial charge in [-0.25, -0.2) is 0 Å². The van der Waals surface area contributed by atoms with Gasteiger partial charge in [0.25, 0.3) is 0 Å². The third kappa shape index (κ3) is 2.83. The van der Waals surface area contributed by atoms with Crippen LogP contribution in [0.5, 0.6) is 0 Å². The molecule has 1 unspecified atom stereocenters. The van der Waals surface area contributed by atoms with E-state index in [-0.39, 0.29) is 0 Å². The first-order valence-corrected chi connectivity index (χ1v) is 3.20. The Hall–Kier alpha value is -0.880. The summed E-state index contributed by atoms with van der Waals surface area (Å²) >= 11 is 0. The normalized spacial score (nSPS) is 15.4. The first-order valence-electron chi connectivity index (χ1n) is 3.20. The van der Waals surface area contributed by atoms with Crippen molar-refractivity contribution in [3.8, 4) is 24.2 Å². The maximum Gasteiger partial charge on any atom is 0.0102 e. The van der Waals surface area contributed by atoms with Crippen molar-refractivity contribution in [1.29, 1.82) is 0 Å². The molecule has 0 bridgehead atoms. The van der Waals surface area contributed by atoms with Crippen LogP contribution in [0.15, 0.2) is 0 Å². The molecule has 9 heavy (non-hydrogen) atoms. The van der Waals surface area contributed by atoms with Crippen LogP contribution >= 0.6 is 0 Å². The molecule has 0 N–H and O–H groups in total. The van der Waals surface area contributed by atoms with Crippen molar-refractivity contribution in [2.24, 2.45) is 5.92 Å². The number of rotatable bonds is 2. The molecule has 1 saturated carbocycles. The Labute approximate surface area is 56.7 Å². The van der Waals surface area contributed by atoms with E-state index in [4.69, 9.17) is 6.42 Å². The topological polar surface area (TPSA) is 0 Å². The molecule has 1 radical (unpaired) electrons. The van der Waals surface area contributed by atoms with Gasteiger partial charge in [-0.15, -0.1) is 6.42 Å². The Balaban J connectivity index is 1.99. The molecule has 0 aliphatic heterocycles. The summed E-state index contributed by atoms with van der Waals surface area (Å²) in [4.78, 5) is 0. The average Bonchev–Trinajstić information content (AvgIpc) is 2.63. The standard InChI is InChI=1S/C9H9/c1-2-3-4-5-6-9-7-8-9/h1,7,9H,5-6,8H2. The van der Waals surface area contributed by atoms with Crippen molar-refractivity contribution in [3.05, 3.63) is 6.42 Å². The highest BCUT2D eigenvalue weighted by Gasteiger charge is 2.19. The largest absolute Gasteiger partial charge is 0.106 e. The van der Waals surface area contributed by atoms with E-state index < -0.39 is 0 Å². The molecule has 0 aromatic heterocycles. The zero-order valence-corrected chi connectivity index (χ0v) is 5.35. The lowest BCUT2D eigenvalue weighted by Gasteiger charge is -1.83. The third-order valence-corrected chi connectivity index (χ3v) is 1.37. The van der Waals surface area contributed by atoms with Crippen molar-refractivity contribution in [2.45, 2.75) is 19.3 Å². The molecule has 1 fully saturated rings. The van der Waals surface area contributed by atoms with Crippen molar-refractivity contribution in [3.63, 3.8) is 0 Å². The summed E-state index contributed by atoms with van der Waals surface area (Å²) in [5, 5.41) is 0. The minimum atomic E-state index is 0.858. The summed E-state index contributed by atoms with van der Waals surface area (Å²) in [7, 11) is 0. The highest BCUT2D eigenvalue weighted by molar-refractivity contribution is 5.21. The van der Waals surface area contributed by atoms with Gasteiger partial charge in [0.1, 0.15) is 0 Å². The summed E-state index contributed by atoms with van der Waals surface area (Å²) in [6, 6.07) is 0. The lowest BCUT2D eigenvalue weighted by atomic mass is 10.2. The van der Waals surface area contributed by atoms with E-state index in [0.717, 1.165) is 12.3 Å². The Bertz CT molecular complexity index is 168. The third-order valence-electron chi connectivity index (χ3n) is 1.37. The van der Waals surface area contributed by atoms with E-state index in [1.807, 2.05) is 0 Å². The second-order valence-electron chi connectivity index (χ2n) is 2.22.